The van der Waals surface area contributed by atoms with Gasteiger partial charge in [0, 0.05) is 16.2 Å². The number of furan rings is 1. The van der Waals surface area contributed by atoms with Crippen LogP contribution in [0.1, 0.15) is 49.9 Å². The molecule has 4 heteroatoms. The average molecular weight is 532 g/mol. The molecule has 2 aliphatic carbocycles. The van der Waals surface area contributed by atoms with Crippen LogP contribution in [0.4, 0.5) is 0 Å². The third-order valence-electron chi connectivity index (χ3n) is 10.2. The van der Waals surface area contributed by atoms with Gasteiger partial charge >= 0.3 is 7.12 Å². The Balaban J connectivity index is 1.38. The first-order valence-corrected chi connectivity index (χ1v) is 14.5. The summed E-state index contributed by atoms with van der Waals surface area (Å²) in [6, 6.07) is 37.6. The summed E-state index contributed by atoms with van der Waals surface area (Å²) in [6.07, 6.45) is 0. The van der Waals surface area contributed by atoms with Crippen molar-refractivity contribution in [2.75, 3.05) is 0 Å². The summed E-state index contributed by atoms with van der Waals surface area (Å²) in [6.45, 7) is 8.36. The van der Waals surface area contributed by atoms with E-state index in [2.05, 4.69) is 131 Å². The zero-order valence-corrected chi connectivity index (χ0v) is 23.6. The summed E-state index contributed by atoms with van der Waals surface area (Å²) < 4.78 is 19.7. The third-order valence-corrected chi connectivity index (χ3v) is 10.2. The summed E-state index contributed by atoms with van der Waals surface area (Å²) >= 11 is 0. The monoisotopic (exact) mass is 532 g/mol. The fraction of sp³-hybridized carbons (Fsp3) is 0.189. The predicted molar refractivity (Wildman–Crippen MR) is 166 cm³/mol. The molecule has 0 unspecified atom stereocenters. The average Bonchev–Trinajstić information content (AvgIpc) is 3.65. The standard InChI is InChI=1S/C37H29BO3/c1-35(2)36(3,4)41-38(40-35)30-19-11-15-25-33-31(39-34(25)30)21-20-29-32(33)24-14-7-10-18-28(24)37(29)26-16-8-5-12-22(26)23-13-6-9-17-27(23)37/h5-21H,1-4H3. The first-order valence-electron chi connectivity index (χ1n) is 14.5. The van der Waals surface area contributed by atoms with E-state index in [1.54, 1.807) is 0 Å². The van der Waals surface area contributed by atoms with Gasteiger partial charge in [-0.2, -0.15) is 0 Å². The van der Waals surface area contributed by atoms with Crippen molar-refractivity contribution in [1.29, 1.82) is 0 Å². The van der Waals surface area contributed by atoms with Crippen molar-refractivity contribution >= 4 is 34.5 Å². The summed E-state index contributed by atoms with van der Waals surface area (Å²) in [4.78, 5) is 0. The van der Waals surface area contributed by atoms with Gasteiger partial charge in [0.15, 0.2) is 0 Å². The van der Waals surface area contributed by atoms with E-state index >= 15 is 0 Å². The maximum atomic E-state index is 6.70. The van der Waals surface area contributed by atoms with Crippen molar-refractivity contribution in [2.24, 2.45) is 0 Å². The molecule has 198 valence electrons. The lowest BCUT2D eigenvalue weighted by Crippen LogP contribution is -2.41. The number of rotatable bonds is 1. The lowest BCUT2D eigenvalue weighted by Gasteiger charge is -2.32. The second-order valence-corrected chi connectivity index (χ2v) is 12.7. The Morgan fingerprint density at radius 3 is 1.73 bits per heavy atom. The van der Waals surface area contributed by atoms with Crippen LogP contribution in [0.2, 0.25) is 0 Å². The van der Waals surface area contributed by atoms with Gasteiger partial charge in [0.1, 0.15) is 11.2 Å². The molecule has 0 amide bonds. The molecule has 41 heavy (non-hydrogen) atoms. The smallest absolute Gasteiger partial charge is 0.456 e. The first-order chi connectivity index (χ1) is 19.8. The molecule has 3 nitrogen and oxygen atoms in total. The van der Waals surface area contributed by atoms with Crippen molar-refractivity contribution in [2.45, 2.75) is 44.3 Å². The van der Waals surface area contributed by atoms with Gasteiger partial charge in [0.2, 0.25) is 0 Å². The van der Waals surface area contributed by atoms with Gasteiger partial charge in [-0.3, -0.25) is 0 Å². The number of para-hydroxylation sites is 1. The molecule has 1 saturated heterocycles. The van der Waals surface area contributed by atoms with Crippen molar-refractivity contribution in [3.63, 3.8) is 0 Å². The van der Waals surface area contributed by atoms with E-state index in [0.29, 0.717) is 0 Å². The number of benzene rings is 5. The van der Waals surface area contributed by atoms with Gasteiger partial charge in [0.05, 0.1) is 16.6 Å². The summed E-state index contributed by atoms with van der Waals surface area (Å²) in [5.74, 6) is 0. The molecule has 0 atom stereocenters. The van der Waals surface area contributed by atoms with Gasteiger partial charge in [-0.1, -0.05) is 97.1 Å². The first kappa shape index (κ1) is 23.6. The Morgan fingerprint density at radius 2 is 1.10 bits per heavy atom. The van der Waals surface area contributed by atoms with Gasteiger partial charge in [0.25, 0.3) is 0 Å². The van der Waals surface area contributed by atoms with E-state index < -0.39 is 18.3 Å². The van der Waals surface area contributed by atoms with Gasteiger partial charge in [-0.25, -0.2) is 0 Å². The van der Waals surface area contributed by atoms with Gasteiger partial charge < -0.3 is 13.7 Å². The lowest BCUT2D eigenvalue weighted by atomic mass is 9.70. The molecule has 1 spiro atoms. The Hall–Kier alpha value is -4.12. The van der Waals surface area contributed by atoms with Crippen molar-refractivity contribution in [3.8, 4) is 22.3 Å². The lowest BCUT2D eigenvalue weighted by molar-refractivity contribution is 0.00578. The van der Waals surface area contributed by atoms with E-state index in [9.17, 15) is 0 Å². The molecular formula is C37H29BO3. The minimum atomic E-state index is -0.496. The molecule has 0 saturated carbocycles. The maximum absolute atomic E-state index is 6.70. The minimum Gasteiger partial charge on any atom is -0.456 e. The largest absolute Gasteiger partial charge is 0.498 e. The minimum absolute atomic E-state index is 0.375. The normalized spacial score (nSPS) is 18.6. The van der Waals surface area contributed by atoms with Gasteiger partial charge in [-0.15, -0.1) is 0 Å². The van der Waals surface area contributed by atoms with Crippen LogP contribution in [-0.2, 0) is 14.7 Å². The predicted octanol–water partition coefficient (Wildman–Crippen LogP) is 8.23. The zero-order chi connectivity index (χ0) is 27.7. The van der Waals surface area contributed by atoms with Crippen LogP contribution in [0.5, 0.6) is 0 Å². The summed E-state index contributed by atoms with van der Waals surface area (Å²) in [7, 11) is -0.496. The molecule has 3 aliphatic rings. The summed E-state index contributed by atoms with van der Waals surface area (Å²) in [5.41, 5.74) is 11.9. The highest BCUT2D eigenvalue weighted by Crippen LogP contribution is 2.64. The molecule has 9 rings (SSSR count). The van der Waals surface area contributed by atoms with E-state index in [0.717, 1.165) is 27.4 Å². The summed E-state index contributed by atoms with van der Waals surface area (Å²) in [5, 5.41) is 2.25. The molecular weight excluding hydrogens is 503 g/mol. The van der Waals surface area contributed by atoms with Crippen molar-refractivity contribution in [1.82, 2.24) is 0 Å². The molecule has 0 N–H and O–H groups in total. The maximum Gasteiger partial charge on any atom is 0.498 e. The SMILES string of the molecule is CC1(C)OB(c2cccc3c2oc2ccc4c(c23)-c2ccccc2C42c3ccccc3-c3ccccc32)OC1(C)C. The molecule has 0 radical (unpaired) electrons. The van der Waals surface area contributed by atoms with Gasteiger partial charge in [-0.05, 0) is 78.3 Å². The quantitative estimate of drug-likeness (QED) is 0.200. The molecule has 1 fully saturated rings. The Kier molecular flexibility index (Phi) is 4.36. The van der Waals surface area contributed by atoms with Crippen LogP contribution in [-0.4, -0.2) is 18.3 Å². The second kappa shape index (κ2) is 7.58. The molecule has 2 heterocycles. The fourth-order valence-electron chi connectivity index (χ4n) is 7.65. The molecule has 6 aromatic rings. The number of hydrogen-bond acceptors (Lipinski definition) is 3. The van der Waals surface area contributed by atoms with E-state index in [1.165, 1.54) is 44.5 Å². The van der Waals surface area contributed by atoms with Crippen LogP contribution in [0.3, 0.4) is 0 Å². The zero-order valence-electron chi connectivity index (χ0n) is 23.6. The van der Waals surface area contributed by atoms with Crippen LogP contribution in [0, 0.1) is 0 Å². The molecule has 1 aliphatic heterocycles. The Labute approximate surface area is 239 Å². The van der Waals surface area contributed by atoms with E-state index in [4.69, 9.17) is 13.7 Å². The highest BCUT2D eigenvalue weighted by Gasteiger charge is 2.54. The second-order valence-electron chi connectivity index (χ2n) is 12.7. The van der Waals surface area contributed by atoms with Crippen LogP contribution in [0.15, 0.2) is 108 Å². The van der Waals surface area contributed by atoms with Crippen LogP contribution >= 0.6 is 0 Å². The fourth-order valence-corrected chi connectivity index (χ4v) is 7.65. The van der Waals surface area contributed by atoms with Crippen LogP contribution in [0.25, 0.3) is 44.2 Å². The topological polar surface area (TPSA) is 31.6 Å². The molecule has 0 bridgehead atoms. The highest BCUT2D eigenvalue weighted by atomic mass is 16.7. The van der Waals surface area contributed by atoms with Crippen molar-refractivity contribution in [3.05, 3.63) is 125 Å². The highest BCUT2D eigenvalue weighted by molar-refractivity contribution is 6.65. The van der Waals surface area contributed by atoms with E-state index in [1.807, 2.05) is 0 Å². The number of fused-ring (bicyclic) bond motifs is 14. The van der Waals surface area contributed by atoms with Crippen molar-refractivity contribution < 1.29 is 13.7 Å². The molecule has 1 aromatic heterocycles. The third kappa shape index (κ3) is 2.73. The Morgan fingerprint density at radius 1 is 0.537 bits per heavy atom. The van der Waals surface area contributed by atoms with E-state index in [-0.39, 0.29) is 5.41 Å². The Bertz CT molecular complexity index is 2020. The number of hydrogen-bond donors (Lipinski definition) is 0. The molecule has 5 aromatic carbocycles. The van der Waals surface area contributed by atoms with Crippen LogP contribution < -0.4 is 5.46 Å².